The van der Waals surface area contributed by atoms with Gasteiger partial charge < -0.3 is 19.0 Å². The van der Waals surface area contributed by atoms with Gasteiger partial charge in [0, 0.05) is 6.04 Å². The maximum absolute atomic E-state index is 12.7. The minimum absolute atomic E-state index is 0.129. The Morgan fingerprint density at radius 1 is 0.744 bits per heavy atom. The van der Waals surface area contributed by atoms with Crippen molar-refractivity contribution in [3.05, 3.63) is 29.3 Å². The molecule has 43 heavy (non-hydrogen) atoms. The molecule has 5 heteroatoms. The lowest BCUT2D eigenvalue weighted by atomic mass is 9.99. The summed E-state index contributed by atoms with van der Waals surface area (Å²) in [5.74, 6) is 0.930. The molecule has 0 spiro atoms. The van der Waals surface area contributed by atoms with Gasteiger partial charge in [-0.05, 0) is 96.9 Å². The number of likely N-dealkylation sites (N-methyl/N-ethyl adjacent to an activating group) is 1. The molecular weight excluding hydrogens is 530 g/mol. The van der Waals surface area contributed by atoms with Crippen LogP contribution in [0.15, 0.2) is 18.2 Å². The molecule has 250 valence electrons. The number of benzene rings is 1. The minimum Gasteiger partial charge on any atom is -0.422 e. The third-order valence-corrected chi connectivity index (χ3v) is 9.00. The van der Waals surface area contributed by atoms with Crippen molar-refractivity contribution < 1.29 is 14.0 Å². The molecule has 0 fully saturated rings. The van der Waals surface area contributed by atoms with E-state index in [0.717, 1.165) is 29.5 Å². The average Bonchev–Trinajstić information content (AvgIpc) is 2.91. The van der Waals surface area contributed by atoms with Gasteiger partial charge in [-0.25, -0.2) is 4.79 Å². The monoisotopic (exact) mass is 603 g/mol. The topological polar surface area (TPSA) is 32.8 Å². The lowest BCUT2D eigenvalue weighted by molar-refractivity contribution is -0.883. The first kappa shape index (κ1) is 39.6. The van der Waals surface area contributed by atoms with E-state index in [1.165, 1.54) is 116 Å². The van der Waals surface area contributed by atoms with Crippen LogP contribution in [0.4, 0.5) is 0 Å². The van der Waals surface area contributed by atoms with Crippen LogP contribution in [-0.2, 0) is 4.79 Å². The first-order valence-electron chi connectivity index (χ1n) is 17.9. The predicted molar refractivity (Wildman–Crippen MR) is 187 cm³/mol. The highest BCUT2D eigenvalue weighted by atomic mass is 16.5. The molecule has 0 heterocycles. The van der Waals surface area contributed by atoms with Crippen LogP contribution in [0.1, 0.15) is 140 Å². The van der Waals surface area contributed by atoms with E-state index in [-0.39, 0.29) is 5.97 Å². The van der Waals surface area contributed by atoms with E-state index in [0.29, 0.717) is 16.9 Å². The van der Waals surface area contributed by atoms with Gasteiger partial charge in [0.15, 0.2) is 6.54 Å². The van der Waals surface area contributed by atoms with Gasteiger partial charge in [0.1, 0.15) is 5.75 Å². The fourth-order valence-electron chi connectivity index (χ4n) is 6.12. The van der Waals surface area contributed by atoms with Gasteiger partial charge in [-0.3, -0.25) is 0 Å². The highest BCUT2D eigenvalue weighted by Crippen LogP contribution is 2.28. The molecule has 0 N–H and O–H groups in total. The highest BCUT2D eigenvalue weighted by molar-refractivity contribution is 5.74. The molecule has 0 saturated carbocycles. The SMILES string of the molecule is Cc1ccc(C(C)C)c(OC(=O)C[N+](C)(C)CCCCCCCCCCC(CCCCCCCCCN(C)C)N(C)C)c1. The van der Waals surface area contributed by atoms with Gasteiger partial charge in [0.25, 0.3) is 0 Å². The molecule has 0 amide bonds. The first-order valence-corrected chi connectivity index (χ1v) is 17.9. The Bertz CT molecular complexity index is 850. The average molecular weight is 603 g/mol. The molecule has 0 saturated heterocycles. The second-order valence-corrected chi connectivity index (χ2v) is 14.8. The van der Waals surface area contributed by atoms with E-state index < -0.39 is 0 Å². The second-order valence-electron chi connectivity index (χ2n) is 14.8. The molecule has 0 bridgehead atoms. The molecule has 5 nitrogen and oxygen atoms in total. The second kappa shape index (κ2) is 23.0. The number of quaternary nitrogens is 1. The summed E-state index contributed by atoms with van der Waals surface area (Å²) >= 11 is 0. The lowest BCUT2D eigenvalue weighted by Crippen LogP contribution is -2.45. The summed E-state index contributed by atoms with van der Waals surface area (Å²) in [6.07, 6.45) is 23.1. The smallest absolute Gasteiger partial charge is 0.367 e. The zero-order valence-corrected chi connectivity index (χ0v) is 30.2. The summed E-state index contributed by atoms with van der Waals surface area (Å²) in [6.45, 7) is 8.99. The van der Waals surface area contributed by atoms with Crippen LogP contribution in [0.3, 0.4) is 0 Å². The molecule has 0 aromatic heterocycles. The fraction of sp³-hybridized carbons (Fsp3) is 0.816. The van der Waals surface area contributed by atoms with E-state index in [1.807, 2.05) is 13.0 Å². The third-order valence-electron chi connectivity index (χ3n) is 9.00. The molecule has 0 aliphatic rings. The molecule has 1 rings (SSSR count). The van der Waals surface area contributed by atoms with Crippen molar-refractivity contribution in [3.8, 4) is 5.75 Å². The molecule has 1 unspecified atom stereocenters. The Morgan fingerprint density at radius 3 is 1.72 bits per heavy atom. The number of carbonyl (C=O) groups is 1. The van der Waals surface area contributed by atoms with E-state index in [9.17, 15) is 4.79 Å². The Hall–Kier alpha value is -1.43. The lowest BCUT2D eigenvalue weighted by Gasteiger charge is -2.28. The quantitative estimate of drug-likeness (QED) is 0.0458. The Balaban J connectivity index is 2.09. The van der Waals surface area contributed by atoms with Gasteiger partial charge >= 0.3 is 5.97 Å². The van der Waals surface area contributed by atoms with Crippen LogP contribution in [0.25, 0.3) is 0 Å². The van der Waals surface area contributed by atoms with Gasteiger partial charge in [-0.1, -0.05) is 103 Å². The normalized spacial score (nSPS) is 12.9. The number of rotatable bonds is 26. The number of hydrogen-bond acceptors (Lipinski definition) is 4. The van der Waals surface area contributed by atoms with Crippen molar-refractivity contribution in [1.29, 1.82) is 0 Å². The van der Waals surface area contributed by atoms with Crippen molar-refractivity contribution in [3.63, 3.8) is 0 Å². The molecule has 1 atom stereocenters. The Labute approximate surface area is 268 Å². The van der Waals surface area contributed by atoms with Crippen molar-refractivity contribution >= 4 is 5.97 Å². The molecule has 0 aliphatic carbocycles. The number of unbranched alkanes of at least 4 members (excludes halogenated alkanes) is 13. The number of carbonyl (C=O) groups excluding carboxylic acids is 1. The summed E-state index contributed by atoms with van der Waals surface area (Å²) in [5, 5.41) is 0. The van der Waals surface area contributed by atoms with Crippen LogP contribution in [-0.4, -0.2) is 88.2 Å². The van der Waals surface area contributed by atoms with Crippen molar-refractivity contribution in [2.24, 2.45) is 0 Å². The summed E-state index contributed by atoms with van der Waals surface area (Å²) in [4.78, 5) is 17.5. The number of ether oxygens (including phenoxy) is 1. The number of aryl methyl sites for hydroxylation is 1. The van der Waals surface area contributed by atoms with Crippen LogP contribution in [0.2, 0.25) is 0 Å². The van der Waals surface area contributed by atoms with E-state index in [4.69, 9.17) is 4.74 Å². The van der Waals surface area contributed by atoms with Crippen LogP contribution < -0.4 is 4.74 Å². The molecular formula is C38H72N3O2+. The zero-order chi connectivity index (χ0) is 32.1. The van der Waals surface area contributed by atoms with E-state index >= 15 is 0 Å². The van der Waals surface area contributed by atoms with E-state index in [2.05, 4.69) is 78.1 Å². The van der Waals surface area contributed by atoms with Crippen molar-refractivity contribution in [2.75, 3.05) is 61.9 Å². The van der Waals surface area contributed by atoms with Crippen LogP contribution >= 0.6 is 0 Å². The van der Waals surface area contributed by atoms with Crippen LogP contribution in [0, 0.1) is 6.92 Å². The molecule has 0 radical (unpaired) electrons. The first-order chi connectivity index (χ1) is 20.4. The Morgan fingerprint density at radius 2 is 1.23 bits per heavy atom. The third kappa shape index (κ3) is 20.3. The summed E-state index contributed by atoms with van der Waals surface area (Å²) < 4.78 is 6.52. The molecule has 1 aromatic carbocycles. The molecule has 1 aromatic rings. The van der Waals surface area contributed by atoms with Gasteiger partial charge in [0.2, 0.25) is 0 Å². The minimum atomic E-state index is -0.129. The number of nitrogens with zero attached hydrogens (tertiary/aromatic N) is 3. The summed E-state index contributed by atoms with van der Waals surface area (Å²) in [6, 6.07) is 6.92. The van der Waals surface area contributed by atoms with Crippen molar-refractivity contribution in [2.45, 2.75) is 142 Å². The molecule has 0 aliphatic heterocycles. The summed E-state index contributed by atoms with van der Waals surface area (Å²) in [5.41, 5.74) is 2.22. The largest absolute Gasteiger partial charge is 0.422 e. The number of esters is 1. The predicted octanol–water partition coefficient (Wildman–Crippen LogP) is 9.22. The highest BCUT2D eigenvalue weighted by Gasteiger charge is 2.22. The maximum Gasteiger partial charge on any atom is 0.367 e. The fourth-order valence-corrected chi connectivity index (χ4v) is 6.12. The zero-order valence-electron chi connectivity index (χ0n) is 30.2. The maximum atomic E-state index is 12.7. The van der Waals surface area contributed by atoms with Crippen molar-refractivity contribution in [1.82, 2.24) is 9.80 Å². The standard InChI is InChI=1S/C38H72N3O2/c1-33(2)36-28-27-34(3)31-37(36)43-38(42)32-41(8,9)30-24-20-16-11-10-13-17-21-25-35(40(6)7)26-22-18-14-12-15-19-23-29-39(4)5/h27-28,31,33,35H,10-26,29-30,32H2,1-9H3/q+1. The number of hydrogen-bond donors (Lipinski definition) is 0. The van der Waals surface area contributed by atoms with Gasteiger partial charge in [-0.2, -0.15) is 0 Å². The van der Waals surface area contributed by atoms with Gasteiger partial charge in [-0.15, -0.1) is 0 Å². The van der Waals surface area contributed by atoms with Crippen LogP contribution in [0.5, 0.6) is 5.75 Å². The van der Waals surface area contributed by atoms with E-state index in [1.54, 1.807) is 0 Å². The Kier molecular flexibility index (Phi) is 21.2. The summed E-state index contributed by atoms with van der Waals surface area (Å²) in [7, 11) is 13.2. The van der Waals surface area contributed by atoms with Gasteiger partial charge in [0.05, 0.1) is 20.6 Å².